The second-order valence-corrected chi connectivity index (χ2v) is 8.74. The quantitative estimate of drug-likeness (QED) is 0.147. The Morgan fingerprint density at radius 1 is 1.05 bits per heavy atom. The first kappa shape index (κ1) is 30.0. The van der Waals surface area contributed by atoms with Crippen molar-refractivity contribution in [1.82, 2.24) is 0 Å². The first-order valence-electron chi connectivity index (χ1n) is 11.8. The van der Waals surface area contributed by atoms with Crippen LogP contribution in [0, 0.1) is 5.92 Å². The number of ether oxygens (including phenoxy) is 5. The number of rotatable bonds is 10. The Bertz CT molecular complexity index is 1080. The molecule has 0 aromatic heterocycles. The molecule has 2 heterocycles. The fraction of sp³-hybridized carbons (Fsp3) is 0.480. The topological polar surface area (TPSA) is 219 Å². The van der Waals surface area contributed by atoms with Crippen LogP contribution >= 0.6 is 0 Å². The van der Waals surface area contributed by atoms with Gasteiger partial charge in [0.1, 0.15) is 30.2 Å². The molecule has 214 valence electrons. The molecule has 1 aromatic rings. The summed E-state index contributed by atoms with van der Waals surface area (Å²) in [4.78, 5) is 36.8. The van der Waals surface area contributed by atoms with E-state index in [1.807, 2.05) is 0 Å². The summed E-state index contributed by atoms with van der Waals surface area (Å²) in [5.41, 5.74) is 0.327. The average molecular weight is 555 g/mol. The number of aliphatic carboxylic acids is 1. The molecule has 39 heavy (non-hydrogen) atoms. The molecule has 0 aliphatic carbocycles. The van der Waals surface area contributed by atoms with Gasteiger partial charge < -0.3 is 54.3 Å². The highest BCUT2D eigenvalue weighted by Crippen LogP contribution is 2.36. The molecule has 14 nitrogen and oxygen atoms in total. The summed E-state index contributed by atoms with van der Waals surface area (Å²) in [6.07, 6.45) is -8.56. The van der Waals surface area contributed by atoms with Gasteiger partial charge in [-0.05, 0) is 17.7 Å². The minimum absolute atomic E-state index is 0.0487. The van der Waals surface area contributed by atoms with Gasteiger partial charge in [-0.1, -0.05) is 12.1 Å². The molecule has 3 rings (SSSR count). The summed E-state index contributed by atoms with van der Waals surface area (Å²) in [5.74, 6) is -4.36. The number of carbonyl (C=O) groups is 3. The van der Waals surface area contributed by atoms with Crippen molar-refractivity contribution in [3.05, 3.63) is 53.3 Å². The van der Waals surface area contributed by atoms with E-state index in [2.05, 4.69) is 0 Å². The number of aromatic hydroxyl groups is 1. The van der Waals surface area contributed by atoms with Crippen molar-refractivity contribution in [2.45, 2.75) is 49.8 Å². The number of aliphatic hydroxyl groups is 4. The third kappa shape index (κ3) is 7.53. The van der Waals surface area contributed by atoms with Crippen molar-refractivity contribution in [1.29, 1.82) is 0 Å². The molecule has 6 N–H and O–H groups in total. The van der Waals surface area contributed by atoms with Crippen LogP contribution in [0.1, 0.15) is 12.0 Å². The Kier molecular flexibility index (Phi) is 10.4. The SMILES string of the molecule is COC(=O)C1=COC(O[C@@H]2O[C@H](CO)[C@@H](O)[C@H](O)[C@H]2O)/C(=C\C(=O)O)C1CC(=O)OCCc1ccc(O)cc1. The third-order valence-electron chi connectivity index (χ3n) is 6.15. The van der Waals surface area contributed by atoms with E-state index in [4.69, 9.17) is 23.7 Å². The number of phenols is 1. The van der Waals surface area contributed by atoms with Crippen LogP contribution in [0.5, 0.6) is 5.75 Å². The zero-order chi connectivity index (χ0) is 28.7. The van der Waals surface area contributed by atoms with Crippen molar-refractivity contribution in [3.63, 3.8) is 0 Å². The standard InChI is InChI=1S/C25H30O14/c1-35-23(34)16-11-37-24(39-25-22(33)21(32)20(31)17(10-26)38-25)15(8-18(28)29)14(16)9-19(30)36-7-6-12-2-4-13(27)5-3-12/h2-5,8,11,14,17,20-22,24-27,31-33H,6-7,9-10H2,1H3,(H,28,29)/b15-8-/t14?,17-,20-,21+,22-,24?,25+/m1/s1. The van der Waals surface area contributed by atoms with Crippen molar-refractivity contribution >= 4 is 17.9 Å². The van der Waals surface area contributed by atoms with E-state index >= 15 is 0 Å². The Morgan fingerprint density at radius 3 is 2.36 bits per heavy atom. The number of phenolic OH excluding ortho intramolecular Hbond substituents is 1. The molecular weight excluding hydrogens is 524 g/mol. The summed E-state index contributed by atoms with van der Waals surface area (Å²) in [6.45, 7) is -0.786. The van der Waals surface area contributed by atoms with Crippen molar-refractivity contribution in [3.8, 4) is 5.75 Å². The summed E-state index contributed by atoms with van der Waals surface area (Å²) < 4.78 is 26.2. The van der Waals surface area contributed by atoms with Crippen LogP contribution in [-0.4, -0.2) is 106 Å². The van der Waals surface area contributed by atoms with Crippen LogP contribution < -0.4 is 0 Å². The number of hydrogen-bond acceptors (Lipinski definition) is 13. The Labute approximate surface area is 222 Å². The molecule has 1 fully saturated rings. The largest absolute Gasteiger partial charge is 0.508 e. The molecule has 14 heteroatoms. The molecular formula is C25H30O14. The molecule has 1 aromatic carbocycles. The second kappa shape index (κ2) is 13.5. The number of benzene rings is 1. The first-order valence-corrected chi connectivity index (χ1v) is 11.8. The van der Waals surface area contributed by atoms with E-state index in [1.165, 1.54) is 12.1 Å². The zero-order valence-corrected chi connectivity index (χ0v) is 20.8. The van der Waals surface area contributed by atoms with Gasteiger partial charge in [0.05, 0.1) is 38.6 Å². The number of aliphatic hydroxyl groups excluding tert-OH is 4. The van der Waals surface area contributed by atoms with Gasteiger partial charge >= 0.3 is 17.9 Å². The molecule has 7 atom stereocenters. The molecule has 1 saturated heterocycles. The fourth-order valence-electron chi connectivity index (χ4n) is 4.07. The first-order chi connectivity index (χ1) is 18.5. The van der Waals surface area contributed by atoms with Gasteiger partial charge in [0, 0.05) is 24.0 Å². The third-order valence-corrected chi connectivity index (χ3v) is 6.15. The molecule has 2 aliphatic heterocycles. The van der Waals surface area contributed by atoms with Gasteiger partial charge in [0.2, 0.25) is 6.29 Å². The predicted octanol–water partition coefficient (Wildman–Crippen LogP) is -1.28. The molecule has 0 saturated carbocycles. The van der Waals surface area contributed by atoms with Gasteiger partial charge in [-0.3, -0.25) is 4.79 Å². The van der Waals surface area contributed by atoms with Crippen LogP contribution in [0.3, 0.4) is 0 Å². The van der Waals surface area contributed by atoms with Crippen LogP contribution in [0.2, 0.25) is 0 Å². The maximum atomic E-state index is 12.7. The maximum absolute atomic E-state index is 12.7. The lowest BCUT2D eigenvalue weighted by Gasteiger charge is -2.41. The van der Waals surface area contributed by atoms with Crippen LogP contribution in [0.25, 0.3) is 0 Å². The number of carbonyl (C=O) groups excluding carboxylic acids is 2. The summed E-state index contributed by atoms with van der Waals surface area (Å²) in [6, 6.07) is 6.25. The zero-order valence-electron chi connectivity index (χ0n) is 20.8. The molecule has 0 amide bonds. The van der Waals surface area contributed by atoms with Gasteiger partial charge in [0.15, 0.2) is 6.29 Å². The molecule has 0 bridgehead atoms. The van der Waals surface area contributed by atoms with E-state index in [0.29, 0.717) is 12.5 Å². The number of carboxylic acids is 1. The lowest BCUT2D eigenvalue weighted by molar-refractivity contribution is -0.327. The highest BCUT2D eigenvalue weighted by atomic mass is 16.8. The lowest BCUT2D eigenvalue weighted by Crippen LogP contribution is -2.60. The van der Waals surface area contributed by atoms with E-state index in [0.717, 1.165) is 18.9 Å². The van der Waals surface area contributed by atoms with Crippen LogP contribution in [-0.2, 0) is 44.5 Å². The van der Waals surface area contributed by atoms with Gasteiger partial charge in [0.25, 0.3) is 0 Å². The number of methoxy groups -OCH3 is 1. The summed E-state index contributed by atoms with van der Waals surface area (Å²) in [7, 11) is 1.08. The number of hydrogen-bond donors (Lipinski definition) is 6. The Morgan fingerprint density at radius 2 is 1.74 bits per heavy atom. The van der Waals surface area contributed by atoms with Crippen molar-refractivity contribution < 1.29 is 68.7 Å². The second-order valence-electron chi connectivity index (χ2n) is 8.74. The van der Waals surface area contributed by atoms with Crippen LogP contribution in [0.15, 0.2) is 47.7 Å². The van der Waals surface area contributed by atoms with E-state index < -0.39 is 73.8 Å². The van der Waals surface area contributed by atoms with Crippen molar-refractivity contribution in [2.75, 3.05) is 20.3 Å². The normalized spacial score (nSPS) is 29.7. The lowest BCUT2D eigenvalue weighted by atomic mass is 9.86. The smallest absolute Gasteiger partial charge is 0.337 e. The van der Waals surface area contributed by atoms with E-state index in [1.54, 1.807) is 12.1 Å². The predicted molar refractivity (Wildman–Crippen MR) is 126 cm³/mol. The fourth-order valence-corrected chi connectivity index (χ4v) is 4.07. The van der Waals surface area contributed by atoms with Gasteiger partial charge in [-0.25, -0.2) is 9.59 Å². The molecule has 2 unspecified atom stereocenters. The summed E-state index contributed by atoms with van der Waals surface area (Å²) in [5, 5.41) is 58.6. The molecule has 2 aliphatic rings. The summed E-state index contributed by atoms with van der Waals surface area (Å²) >= 11 is 0. The minimum Gasteiger partial charge on any atom is -0.508 e. The highest BCUT2D eigenvalue weighted by molar-refractivity contribution is 5.91. The minimum atomic E-state index is -1.83. The highest BCUT2D eigenvalue weighted by Gasteiger charge is 2.47. The van der Waals surface area contributed by atoms with Crippen molar-refractivity contribution in [2.24, 2.45) is 5.92 Å². The number of esters is 2. The Hall–Kier alpha value is -3.53. The van der Waals surface area contributed by atoms with Gasteiger partial charge in [-0.2, -0.15) is 0 Å². The maximum Gasteiger partial charge on any atom is 0.337 e. The monoisotopic (exact) mass is 554 g/mol. The van der Waals surface area contributed by atoms with E-state index in [-0.39, 0.29) is 23.5 Å². The average Bonchev–Trinajstić information content (AvgIpc) is 2.91. The van der Waals surface area contributed by atoms with Crippen LogP contribution in [0.4, 0.5) is 0 Å². The van der Waals surface area contributed by atoms with E-state index in [9.17, 15) is 45.0 Å². The Balaban J connectivity index is 1.80. The van der Waals surface area contributed by atoms with Gasteiger partial charge in [-0.15, -0.1) is 0 Å². The number of carboxylic acid groups (broad SMARTS) is 1. The molecule has 0 spiro atoms. The molecule has 0 radical (unpaired) electrons.